The molecule has 1 fully saturated rings. The second-order valence-electron chi connectivity index (χ2n) is 8.11. The Bertz CT molecular complexity index is 1040. The molecule has 2 aromatic rings. The summed E-state index contributed by atoms with van der Waals surface area (Å²) in [6, 6.07) is 13.6. The van der Waals surface area contributed by atoms with Crippen LogP contribution < -0.4 is 10.5 Å². The number of carbonyl (C=O) groups is 1. The van der Waals surface area contributed by atoms with E-state index in [1.807, 2.05) is 31.2 Å². The van der Waals surface area contributed by atoms with Crippen LogP contribution in [0.2, 0.25) is 0 Å². The first kappa shape index (κ1) is 23.9. The Kier molecular flexibility index (Phi) is 8.04. The summed E-state index contributed by atoms with van der Waals surface area (Å²) >= 11 is 0. The van der Waals surface area contributed by atoms with E-state index in [1.54, 1.807) is 17.0 Å². The number of benzene rings is 2. The van der Waals surface area contributed by atoms with Gasteiger partial charge in [-0.1, -0.05) is 17.7 Å². The van der Waals surface area contributed by atoms with E-state index >= 15 is 0 Å². The van der Waals surface area contributed by atoms with Gasteiger partial charge in [-0.3, -0.25) is 4.79 Å². The highest BCUT2D eigenvalue weighted by atomic mass is 32.2. The minimum absolute atomic E-state index is 0.000187. The molecule has 0 aliphatic carbocycles. The maximum absolute atomic E-state index is 12.8. The molecule has 1 aliphatic rings. The van der Waals surface area contributed by atoms with Crippen LogP contribution in [0.15, 0.2) is 65.3 Å². The van der Waals surface area contributed by atoms with Gasteiger partial charge in [0.1, 0.15) is 12.4 Å². The van der Waals surface area contributed by atoms with Gasteiger partial charge in [-0.15, -0.1) is 0 Å². The number of hydrogen-bond donors (Lipinski definition) is 1. The van der Waals surface area contributed by atoms with Crippen molar-refractivity contribution in [2.24, 2.45) is 11.7 Å². The molecule has 32 heavy (non-hydrogen) atoms. The number of ether oxygens (including phenoxy) is 1. The average molecular weight is 461 g/mol. The van der Waals surface area contributed by atoms with E-state index in [9.17, 15) is 17.6 Å². The van der Waals surface area contributed by atoms with Gasteiger partial charge < -0.3 is 15.4 Å². The number of hydrogen-bond acceptors (Lipinski definition) is 5. The Morgan fingerprint density at radius 1 is 1.12 bits per heavy atom. The van der Waals surface area contributed by atoms with Crippen molar-refractivity contribution in [1.82, 2.24) is 4.90 Å². The first-order chi connectivity index (χ1) is 15.3. The van der Waals surface area contributed by atoms with E-state index in [0.29, 0.717) is 49.1 Å². The lowest BCUT2D eigenvalue weighted by molar-refractivity contribution is 0.0698. The minimum Gasteiger partial charge on any atom is -0.489 e. The van der Waals surface area contributed by atoms with E-state index < -0.39 is 9.84 Å². The van der Waals surface area contributed by atoms with Crippen molar-refractivity contribution in [1.29, 1.82) is 0 Å². The Labute approximate surface area is 188 Å². The Morgan fingerprint density at radius 2 is 1.75 bits per heavy atom. The monoisotopic (exact) mass is 460 g/mol. The molecule has 0 bridgehead atoms. The molecular weight excluding hydrogens is 431 g/mol. The normalized spacial score (nSPS) is 15.6. The molecule has 0 spiro atoms. The number of rotatable bonds is 8. The Hall–Kier alpha value is -2.71. The quantitative estimate of drug-likeness (QED) is 0.651. The van der Waals surface area contributed by atoms with Crippen LogP contribution in [-0.2, 0) is 9.84 Å². The largest absolute Gasteiger partial charge is 0.489 e. The number of carbonyl (C=O) groups excluding carboxylic acids is 1. The van der Waals surface area contributed by atoms with Gasteiger partial charge >= 0.3 is 0 Å². The molecule has 3 rings (SSSR count). The van der Waals surface area contributed by atoms with E-state index in [-0.39, 0.29) is 35.6 Å². The predicted octanol–water partition coefficient (Wildman–Crippen LogP) is 3.51. The number of likely N-dealkylation sites (tertiary alicyclic amines) is 1. The van der Waals surface area contributed by atoms with E-state index in [0.717, 1.165) is 5.56 Å². The van der Waals surface area contributed by atoms with Crippen molar-refractivity contribution >= 4 is 15.7 Å². The number of amides is 1. The zero-order valence-corrected chi connectivity index (χ0v) is 19.0. The van der Waals surface area contributed by atoms with Crippen molar-refractivity contribution in [3.8, 4) is 5.75 Å². The fourth-order valence-electron chi connectivity index (χ4n) is 3.64. The van der Waals surface area contributed by atoms with Gasteiger partial charge in [0, 0.05) is 30.8 Å². The summed E-state index contributed by atoms with van der Waals surface area (Å²) in [5.41, 5.74) is 7.46. The molecule has 1 aliphatic heterocycles. The first-order valence-corrected chi connectivity index (χ1v) is 12.3. The van der Waals surface area contributed by atoms with Crippen molar-refractivity contribution in [2.75, 3.05) is 32.0 Å². The molecule has 172 valence electrons. The summed E-state index contributed by atoms with van der Waals surface area (Å²) in [6.45, 7) is 3.14. The van der Waals surface area contributed by atoms with E-state index in [2.05, 4.69) is 0 Å². The van der Waals surface area contributed by atoms with Crippen LogP contribution in [0.5, 0.6) is 5.75 Å². The van der Waals surface area contributed by atoms with Crippen LogP contribution in [0.3, 0.4) is 0 Å². The van der Waals surface area contributed by atoms with Gasteiger partial charge in [0.15, 0.2) is 9.84 Å². The Balaban J connectivity index is 1.53. The topological polar surface area (TPSA) is 89.7 Å². The molecule has 1 heterocycles. The summed E-state index contributed by atoms with van der Waals surface area (Å²) in [7, 11) is -3.46. The molecule has 2 aromatic carbocycles. The molecule has 0 aromatic heterocycles. The highest BCUT2D eigenvalue weighted by Gasteiger charge is 2.28. The standard InChI is InChI=1S/C24H29FN2O4S/c1-18-2-4-21(5-3-18)24(28)27-12-10-19(11-13-27)17-32(29,30)23-8-6-22(7-9-23)31-16-20(14-25)15-26/h2-9,14,19H,10-13,15-17,26H2,1H3/b20-14+. The second-order valence-corrected chi connectivity index (χ2v) is 10.1. The van der Waals surface area contributed by atoms with Crippen LogP contribution in [0.25, 0.3) is 0 Å². The maximum Gasteiger partial charge on any atom is 0.253 e. The molecule has 8 heteroatoms. The number of nitrogens with two attached hydrogens (primary N) is 1. The third-order valence-electron chi connectivity index (χ3n) is 5.68. The predicted molar refractivity (Wildman–Crippen MR) is 122 cm³/mol. The molecule has 1 amide bonds. The maximum atomic E-state index is 12.8. The smallest absolute Gasteiger partial charge is 0.253 e. The van der Waals surface area contributed by atoms with Crippen molar-refractivity contribution in [3.05, 3.63) is 71.6 Å². The second kappa shape index (κ2) is 10.7. The molecule has 1 saturated heterocycles. The number of aryl methyl sites for hydroxylation is 1. The lowest BCUT2D eigenvalue weighted by Crippen LogP contribution is -2.39. The fraction of sp³-hybridized carbons (Fsp3) is 0.375. The fourth-order valence-corrected chi connectivity index (χ4v) is 5.34. The third-order valence-corrected chi connectivity index (χ3v) is 7.58. The molecule has 2 N–H and O–H groups in total. The molecular formula is C24H29FN2O4S. The minimum atomic E-state index is -3.46. The van der Waals surface area contributed by atoms with Crippen LogP contribution in [0.1, 0.15) is 28.8 Å². The number of piperidine rings is 1. The summed E-state index contributed by atoms with van der Waals surface area (Å²) < 4.78 is 43.7. The SMILES string of the molecule is Cc1ccc(C(=O)N2CCC(CS(=O)(=O)c3ccc(OC/C(=C/F)CN)cc3)CC2)cc1. The lowest BCUT2D eigenvalue weighted by Gasteiger charge is -2.32. The summed E-state index contributed by atoms with van der Waals surface area (Å²) in [5.74, 6) is 0.476. The molecule has 0 atom stereocenters. The molecule has 0 radical (unpaired) electrons. The lowest BCUT2D eigenvalue weighted by atomic mass is 9.98. The first-order valence-electron chi connectivity index (χ1n) is 10.6. The van der Waals surface area contributed by atoms with Crippen LogP contribution in [0.4, 0.5) is 4.39 Å². The molecule has 0 saturated carbocycles. The Morgan fingerprint density at radius 3 is 2.31 bits per heavy atom. The van der Waals surface area contributed by atoms with Crippen LogP contribution >= 0.6 is 0 Å². The van der Waals surface area contributed by atoms with E-state index in [4.69, 9.17) is 10.5 Å². The van der Waals surface area contributed by atoms with Crippen LogP contribution in [-0.4, -0.2) is 51.2 Å². The van der Waals surface area contributed by atoms with E-state index in [1.165, 1.54) is 12.1 Å². The zero-order valence-electron chi connectivity index (χ0n) is 18.2. The van der Waals surface area contributed by atoms with Gasteiger partial charge in [-0.25, -0.2) is 12.8 Å². The zero-order chi connectivity index (χ0) is 23.1. The molecule has 6 nitrogen and oxygen atoms in total. The third kappa shape index (κ3) is 6.17. The number of nitrogens with zero attached hydrogens (tertiary/aromatic N) is 1. The summed E-state index contributed by atoms with van der Waals surface area (Å²) in [6.07, 6.45) is 1.71. The van der Waals surface area contributed by atoms with Gasteiger partial charge in [-0.2, -0.15) is 0 Å². The van der Waals surface area contributed by atoms with Crippen molar-refractivity contribution in [2.45, 2.75) is 24.7 Å². The number of sulfone groups is 1. The highest BCUT2D eigenvalue weighted by molar-refractivity contribution is 7.91. The molecule has 0 unspecified atom stereocenters. The number of halogens is 1. The van der Waals surface area contributed by atoms with Gasteiger partial charge in [0.05, 0.1) is 17.0 Å². The summed E-state index contributed by atoms with van der Waals surface area (Å²) in [5, 5.41) is 0. The van der Waals surface area contributed by atoms with Gasteiger partial charge in [0.25, 0.3) is 5.91 Å². The van der Waals surface area contributed by atoms with Crippen molar-refractivity contribution in [3.63, 3.8) is 0 Å². The van der Waals surface area contributed by atoms with Crippen molar-refractivity contribution < 1.29 is 22.3 Å². The summed E-state index contributed by atoms with van der Waals surface area (Å²) in [4.78, 5) is 14.7. The van der Waals surface area contributed by atoms with Gasteiger partial charge in [0.2, 0.25) is 0 Å². The van der Waals surface area contributed by atoms with Crippen LogP contribution in [0, 0.1) is 12.8 Å². The van der Waals surface area contributed by atoms with Gasteiger partial charge in [-0.05, 0) is 62.1 Å². The average Bonchev–Trinajstić information content (AvgIpc) is 2.80. The highest BCUT2D eigenvalue weighted by Crippen LogP contribution is 2.25.